The molecule has 1 aromatic carbocycles. The van der Waals surface area contributed by atoms with Crippen LogP contribution in [-0.2, 0) is 4.79 Å². The molecule has 1 saturated carbocycles. The van der Waals surface area contributed by atoms with Crippen LogP contribution in [0.2, 0.25) is 0 Å². The second-order valence-corrected chi connectivity index (χ2v) is 7.94. The molecule has 1 aliphatic carbocycles. The molecule has 28 heavy (non-hydrogen) atoms. The summed E-state index contributed by atoms with van der Waals surface area (Å²) in [5.74, 6) is 0.621. The number of ether oxygens (including phenoxy) is 2. The van der Waals surface area contributed by atoms with Gasteiger partial charge >= 0.3 is 0 Å². The number of hydrogen-bond acceptors (Lipinski definition) is 6. The molecule has 0 bridgehead atoms. The van der Waals surface area contributed by atoms with Gasteiger partial charge in [-0.1, -0.05) is 11.8 Å². The second-order valence-electron chi connectivity index (χ2n) is 6.95. The minimum Gasteiger partial charge on any atom is -0.448 e. The number of carbonyl (C=O) groups is 1. The lowest BCUT2D eigenvalue weighted by atomic mass is 10.2. The minimum absolute atomic E-state index is 0.0620. The molecule has 7 nitrogen and oxygen atoms in total. The summed E-state index contributed by atoms with van der Waals surface area (Å²) in [6.07, 6.45) is 3.91. The van der Waals surface area contributed by atoms with Crippen LogP contribution in [0.25, 0.3) is 0 Å². The number of aryl methyl sites for hydroxylation is 1. The summed E-state index contributed by atoms with van der Waals surface area (Å²) >= 11 is 1.12. The van der Waals surface area contributed by atoms with E-state index in [0.717, 1.165) is 37.4 Å². The van der Waals surface area contributed by atoms with Gasteiger partial charge in [0, 0.05) is 30.7 Å². The maximum atomic E-state index is 12.3. The Hall–Kier alpha value is -2.92. The molecule has 8 heteroatoms. The predicted molar refractivity (Wildman–Crippen MR) is 105 cm³/mol. The number of benzene rings is 1. The lowest BCUT2D eigenvalue weighted by molar-refractivity contribution is -0.113. The third-order valence-electron chi connectivity index (χ3n) is 4.85. The van der Waals surface area contributed by atoms with Gasteiger partial charge in [-0.2, -0.15) is 5.26 Å². The molecule has 144 valence electrons. The molecule has 0 unspecified atom stereocenters. The van der Waals surface area contributed by atoms with Crippen LogP contribution in [0.15, 0.2) is 34.1 Å². The van der Waals surface area contributed by atoms with Gasteiger partial charge in [0.05, 0.1) is 16.3 Å². The summed E-state index contributed by atoms with van der Waals surface area (Å²) in [6.45, 7) is 1.70. The molecule has 2 heterocycles. The van der Waals surface area contributed by atoms with E-state index in [-0.39, 0.29) is 17.2 Å². The number of nitrogens with one attached hydrogen (secondary N) is 2. The quantitative estimate of drug-likeness (QED) is 0.767. The van der Waals surface area contributed by atoms with Crippen molar-refractivity contribution in [3.63, 3.8) is 0 Å². The third-order valence-corrected chi connectivity index (χ3v) is 5.85. The van der Waals surface area contributed by atoms with Gasteiger partial charge < -0.3 is 19.8 Å². The van der Waals surface area contributed by atoms with Gasteiger partial charge in [0.2, 0.25) is 11.5 Å². The Morgan fingerprint density at radius 2 is 2.04 bits per heavy atom. The number of fused-ring (bicyclic) bond motifs is 1. The number of thioether (sulfide) groups is 1. The van der Waals surface area contributed by atoms with Crippen molar-refractivity contribution in [1.29, 1.82) is 5.26 Å². The predicted octanol–water partition coefficient (Wildman–Crippen LogP) is 3.33. The van der Waals surface area contributed by atoms with E-state index in [9.17, 15) is 14.9 Å². The van der Waals surface area contributed by atoms with E-state index in [1.165, 1.54) is 6.07 Å². The minimum atomic E-state index is -0.536. The first-order valence-electron chi connectivity index (χ1n) is 9.07. The van der Waals surface area contributed by atoms with Gasteiger partial charge in [-0.3, -0.25) is 9.59 Å². The molecular weight excluding hydrogens is 378 g/mol. The molecule has 2 aliphatic rings. The fourth-order valence-electron chi connectivity index (χ4n) is 3.53. The lowest BCUT2D eigenvalue weighted by Gasteiger charge is -2.21. The molecule has 1 spiro atoms. The van der Waals surface area contributed by atoms with Crippen molar-refractivity contribution >= 4 is 23.4 Å². The maximum Gasteiger partial charge on any atom is 0.251 e. The average molecular weight is 397 g/mol. The van der Waals surface area contributed by atoms with E-state index in [1.807, 2.05) is 0 Å². The van der Waals surface area contributed by atoms with Crippen LogP contribution in [0.4, 0.5) is 5.69 Å². The van der Waals surface area contributed by atoms with Crippen molar-refractivity contribution in [2.45, 2.75) is 43.4 Å². The number of anilines is 1. The largest absolute Gasteiger partial charge is 0.448 e. The molecule has 0 saturated heterocycles. The highest BCUT2D eigenvalue weighted by molar-refractivity contribution is 8.00. The topological polar surface area (TPSA) is 104 Å². The third kappa shape index (κ3) is 3.58. The van der Waals surface area contributed by atoms with Gasteiger partial charge in [-0.15, -0.1) is 0 Å². The van der Waals surface area contributed by atoms with Crippen LogP contribution in [0.1, 0.15) is 36.8 Å². The summed E-state index contributed by atoms with van der Waals surface area (Å²) in [5, 5.41) is 12.5. The summed E-state index contributed by atoms with van der Waals surface area (Å²) in [7, 11) is 0. The zero-order chi connectivity index (χ0) is 19.7. The molecular formula is C20H19N3O4S. The summed E-state index contributed by atoms with van der Waals surface area (Å²) in [5.41, 5.74) is 1.28. The van der Waals surface area contributed by atoms with Crippen molar-refractivity contribution in [3.8, 4) is 17.6 Å². The van der Waals surface area contributed by atoms with Gasteiger partial charge in [0.15, 0.2) is 11.5 Å². The fourth-order valence-corrected chi connectivity index (χ4v) is 4.40. The SMILES string of the molecule is Cc1cc(=O)[nH]c(SCC(=O)Nc2ccc3c(c2)OC2(CCCC2)O3)c1C#N. The highest BCUT2D eigenvalue weighted by Crippen LogP contribution is 2.47. The first-order chi connectivity index (χ1) is 13.5. The fraction of sp³-hybridized carbons (Fsp3) is 0.350. The molecule has 2 aromatic rings. The Labute approximate surface area is 166 Å². The van der Waals surface area contributed by atoms with Crippen LogP contribution in [0.5, 0.6) is 11.5 Å². The standard InChI is InChI=1S/C20H19N3O4S/c1-12-8-17(24)23-19(14(12)10-21)28-11-18(25)22-13-4-5-15-16(9-13)27-20(26-15)6-2-3-7-20/h4-5,8-9H,2-3,6-7,11H2,1H3,(H,22,25)(H,23,24). The van der Waals surface area contributed by atoms with Crippen molar-refractivity contribution in [2.75, 3.05) is 11.1 Å². The number of pyridine rings is 1. The average Bonchev–Trinajstić information content (AvgIpc) is 3.25. The van der Waals surface area contributed by atoms with Gasteiger partial charge in [-0.05, 0) is 37.5 Å². The summed E-state index contributed by atoms with van der Waals surface area (Å²) < 4.78 is 12.0. The Kier molecular flexibility index (Phi) is 4.77. The molecule has 4 rings (SSSR count). The molecule has 0 atom stereocenters. The van der Waals surface area contributed by atoms with Crippen LogP contribution in [0, 0.1) is 18.3 Å². The van der Waals surface area contributed by atoms with Crippen molar-refractivity contribution in [3.05, 3.63) is 45.7 Å². The van der Waals surface area contributed by atoms with Crippen molar-refractivity contribution in [1.82, 2.24) is 4.98 Å². The van der Waals surface area contributed by atoms with Crippen molar-refractivity contribution < 1.29 is 14.3 Å². The Balaban J connectivity index is 1.41. The number of aromatic nitrogens is 1. The molecule has 2 N–H and O–H groups in total. The molecule has 0 radical (unpaired) electrons. The Morgan fingerprint density at radius 1 is 1.29 bits per heavy atom. The van der Waals surface area contributed by atoms with Crippen LogP contribution < -0.4 is 20.3 Å². The zero-order valence-corrected chi connectivity index (χ0v) is 16.1. The van der Waals surface area contributed by atoms with Gasteiger partial charge in [0.1, 0.15) is 6.07 Å². The smallest absolute Gasteiger partial charge is 0.251 e. The van der Waals surface area contributed by atoms with Crippen LogP contribution in [0.3, 0.4) is 0 Å². The van der Waals surface area contributed by atoms with Crippen molar-refractivity contribution in [2.24, 2.45) is 0 Å². The number of nitriles is 1. The maximum absolute atomic E-state index is 12.3. The number of nitrogens with zero attached hydrogens (tertiary/aromatic N) is 1. The number of aromatic amines is 1. The Morgan fingerprint density at radius 3 is 2.79 bits per heavy atom. The van der Waals surface area contributed by atoms with Gasteiger partial charge in [0.25, 0.3) is 5.79 Å². The monoisotopic (exact) mass is 397 g/mol. The van der Waals surface area contributed by atoms with Crippen LogP contribution in [-0.4, -0.2) is 22.4 Å². The summed E-state index contributed by atoms with van der Waals surface area (Å²) in [6, 6.07) is 8.77. The number of hydrogen-bond donors (Lipinski definition) is 2. The number of amides is 1. The summed E-state index contributed by atoms with van der Waals surface area (Å²) in [4.78, 5) is 26.6. The van der Waals surface area contributed by atoms with E-state index in [2.05, 4.69) is 16.4 Å². The first-order valence-corrected chi connectivity index (χ1v) is 10.1. The highest BCUT2D eigenvalue weighted by Gasteiger charge is 2.44. The highest BCUT2D eigenvalue weighted by atomic mass is 32.2. The number of carbonyl (C=O) groups excluding carboxylic acids is 1. The normalized spacial score (nSPS) is 16.1. The second kappa shape index (κ2) is 7.24. The molecule has 1 aliphatic heterocycles. The van der Waals surface area contributed by atoms with Gasteiger partial charge in [-0.25, -0.2) is 0 Å². The van der Waals surface area contributed by atoms with E-state index in [0.29, 0.717) is 33.3 Å². The van der Waals surface area contributed by atoms with E-state index in [1.54, 1.807) is 25.1 Å². The lowest BCUT2D eigenvalue weighted by Crippen LogP contribution is -2.34. The van der Waals surface area contributed by atoms with E-state index in [4.69, 9.17) is 9.47 Å². The van der Waals surface area contributed by atoms with E-state index >= 15 is 0 Å². The van der Waals surface area contributed by atoms with Crippen LogP contribution >= 0.6 is 11.8 Å². The zero-order valence-electron chi connectivity index (χ0n) is 15.3. The molecule has 1 aromatic heterocycles. The molecule has 1 amide bonds. The Bertz CT molecular complexity index is 1030. The molecule has 1 fully saturated rings. The number of H-pyrrole nitrogens is 1. The number of rotatable bonds is 4. The first kappa shape index (κ1) is 18.4. The van der Waals surface area contributed by atoms with E-state index < -0.39 is 5.79 Å².